The van der Waals surface area contributed by atoms with E-state index in [-0.39, 0.29) is 36.2 Å². The Morgan fingerprint density at radius 2 is 1.88 bits per heavy atom. The van der Waals surface area contributed by atoms with Gasteiger partial charge in [0.15, 0.2) is 6.29 Å². The molecule has 0 spiro atoms. The molecule has 8 heteroatoms. The molecule has 82 valence electrons. The predicted molar refractivity (Wildman–Crippen MR) is 50.6 cm³/mol. The summed E-state index contributed by atoms with van der Waals surface area (Å²) in [5.74, 6) is 0. The van der Waals surface area contributed by atoms with E-state index < -0.39 is 7.12 Å². The van der Waals surface area contributed by atoms with Gasteiger partial charge in [-0.1, -0.05) is 6.07 Å². The molecule has 1 saturated heterocycles. The molecule has 0 unspecified atom stereocenters. The van der Waals surface area contributed by atoms with Crippen LogP contribution in [0.25, 0.3) is 0 Å². The molecule has 0 atom stereocenters. The Kier molecular flexibility index (Phi) is 6.87. The summed E-state index contributed by atoms with van der Waals surface area (Å²) >= 11 is 0. The maximum atomic E-state index is 8.81. The molecule has 0 saturated carbocycles. The third kappa shape index (κ3) is 3.57. The number of hydrogen-bond donors (Lipinski definition) is 2. The predicted octanol–water partition coefficient (Wildman–Crippen LogP) is -4.37. The SMILES string of the molecule is OB(O)c1ccc(C2OCCO2)cn1.[Li+].[OH-]. The minimum atomic E-state index is -1.53. The molecule has 1 aromatic rings. The quantitative estimate of drug-likeness (QED) is 0.487. The molecule has 2 rings (SSSR count). The van der Waals surface area contributed by atoms with Crippen LogP contribution < -0.4 is 24.5 Å². The summed E-state index contributed by atoms with van der Waals surface area (Å²) < 4.78 is 10.5. The van der Waals surface area contributed by atoms with Crippen LogP contribution in [-0.2, 0) is 9.47 Å². The van der Waals surface area contributed by atoms with Gasteiger partial charge >= 0.3 is 26.0 Å². The molecule has 1 fully saturated rings. The largest absolute Gasteiger partial charge is 1.00 e. The Morgan fingerprint density at radius 1 is 1.25 bits per heavy atom. The third-order valence-electron chi connectivity index (χ3n) is 1.97. The number of rotatable bonds is 2. The van der Waals surface area contributed by atoms with Crippen LogP contribution in [0, 0.1) is 0 Å². The number of pyridine rings is 1. The van der Waals surface area contributed by atoms with Gasteiger partial charge in [-0.2, -0.15) is 0 Å². The maximum Gasteiger partial charge on any atom is 1.00 e. The molecular formula is C8H11BLiNO5. The van der Waals surface area contributed by atoms with Gasteiger partial charge in [0.2, 0.25) is 0 Å². The van der Waals surface area contributed by atoms with Gasteiger partial charge in [0.25, 0.3) is 0 Å². The summed E-state index contributed by atoms with van der Waals surface area (Å²) in [5, 5.41) is 17.6. The van der Waals surface area contributed by atoms with Crippen LogP contribution in [0.15, 0.2) is 18.3 Å². The minimum Gasteiger partial charge on any atom is -0.870 e. The van der Waals surface area contributed by atoms with E-state index >= 15 is 0 Å². The van der Waals surface area contributed by atoms with Gasteiger partial charge in [0, 0.05) is 11.8 Å². The van der Waals surface area contributed by atoms with Crippen molar-refractivity contribution in [3.63, 3.8) is 0 Å². The fourth-order valence-corrected chi connectivity index (χ4v) is 1.26. The smallest absolute Gasteiger partial charge is 0.870 e. The van der Waals surface area contributed by atoms with Gasteiger partial charge in [-0.25, -0.2) is 0 Å². The molecule has 0 radical (unpaired) electrons. The van der Waals surface area contributed by atoms with Crippen LogP contribution in [0.1, 0.15) is 11.9 Å². The van der Waals surface area contributed by atoms with E-state index in [4.69, 9.17) is 19.5 Å². The Bertz CT molecular complexity index is 304. The molecule has 0 bridgehead atoms. The summed E-state index contributed by atoms with van der Waals surface area (Å²) in [6, 6.07) is 3.24. The van der Waals surface area contributed by atoms with Gasteiger partial charge in [0.1, 0.15) is 0 Å². The van der Waals surface area contributed by atoms with E-state index in [1.165, 1.54) is 12.3 Å². The van der Waals surface area contributed by atoms with Gasteiger partial charge in [-0.3, -0.25) is 4.98 Å². The zero-order valence-corrected chi connectivity index (χ0v) is 8.91. The molecule has 0 aromatic carbocycles. The van der Waals surface area contributed by atoms with Crippen molar-refractivity contribution >= 4 is 12.7 Å². The summed E-state index contributed by atoms with van der Waals surface area (Å²) in [7, 11) is -1.53. The van der Waals surface area contributed by atoms with Crippen molar-refractivity contribution in [3.05, 3.63) is 23.9 Å². The van der Waals surface area contributed by atoms with E-state index in [0.717, 1.165) is 5.56 Å². The van der Waals surface area contributed by atoms with Crippen molar-refractivity contribution < 1.29 is 43.9 Å². The first-order valence-corrected chi connectivity index (χ1v) is 4.32. The van der Waals surface area contributed by atoms with Crippen molar-refractivity contribution in [1.29, 1.82) is 0 Å². The molecule has 0 amide bonds. The van der Waals surface area contributed by atoms with Crippen molar-refractivity contribution in [2.45, 2.75) is 6.29 Å². The normalized spacial score (nSPS) is 15.1. The van der Waals surface area contributed by atoms with Crippen molar-refractivity contribution in [1.82, 2.24) is 4.98 Å². The summed E-state index contributed by atoms with van der Waals surface area (Å²) in [6.07, 6.45) is 1.15. The Morgan fingerprint density at radius 3 is 2.31 bits per heavy atom. The molecule has 3 N–H and O–H groups in total. The molecule has 0 aliphatic carbocycles. The first kappa shape index (κ1) is 15.6. The standard InChI is InChI=1S/C8H10BNO4.Li.H2O/c11-9(12)7-2-1-6(5-10-7)8-13-3-4-14-8;;/h1-2,5,8,11-12H,3-4H2;;1H2/q;+1;/p-1. The van der Waals surface area contributed by atoms with Gasteiger partial charge in [-0.05, 0) is 6.07 Å². The Balaban J connectivity index is 0.00000112. The zero-order chi connectivity index (χ0) is 9.97. The van der Waals surface area contributed by atoms with E-state index in [2.05, 4.69) is 4.98 Å². The second-order valence-electron chi connectivity index (χ2n) is 2.96. The molecule has 6 nitrogen and oxygen atoms in total. The number of nitrogens with zero attached hydrogens (tertiary/aromatic N) is 1. The second-order valence-corrected chi connectivity index (χ2v) is 2.96. The van der Waals surface area contributed by atoms with Crippen LogP contribution in [0.2, 0.25) is 0 Å². The number of aromatic nitrogens is 1. The summed E-state index contributed by atoms with van der Waals surface area (Å²) in [5.41, 5.74) is 0.999. The summed E-state index contributed by atoms with van der Waals surface area (Å²) in [4.78, 5) is 3.86. The number of hydrogen-bond acceptors (Lipinski definition) is 6. The first-order chi connectivity index (χ1) is 6.77. The summed E-state index contributed by atoms with van der Waals surface area (Å²) in [6.45, 7) is 1.16. The first-order valence-electron chi connectivity index (χ1n) is 4.32. The van der Waals surface area contributed by atoms with E-state index in [1.807, 2.05) is 0 Å². The van der Waals surface area contributed by atoms with E-state index in [9.17, 15) is 0 Å². The van der Waals surface area contributed by atoms with Crippen LogP contribution in [0.3, 0.4) is 0 Å². The molecule has 2 heterocycles. The molecule has 1 aliphatic heterocycles. The van der Waals surface area contributed by atoms with Crippen molar-refractivity contribution in [3.8, 4) is 0 Å². The van der Waals surface area contributed by atoms with Crippen molar-refractivity contribution in [2.24, 2.45) is 0 Å². The fraction of sp³-hybridized carbons (Fsp3) is 0.375. The monoisotopic (exact) mass is 219 g/mol. The third-order valence-corrected chi connectivity index (χ3v) is 1.97. The van der Waals surface area contributed by atoms with Gasteiger partial charge in [0.05, 0.1) is 18.8 Å². The Hall–Kier alpha value is -0.388. The molecule has 16 heavy (non-hydrogen) atoms. The topological polar surface area (TPSA) is 102 Å². The zero-order valence-electron chi connectivity index (χ0n) is 8.91. The average Bonchev–Trinajstić information content (AvgIpc) is 2.71. The van der Waals surface area contributed by atoms with Crippen LogP contribution >= 0.6 is 0 Å². The Labute approximate surface area is 105 Å². The van der Waals surface area contributed by atoms with Gasteiger partial charge in [-0.15, -0.1) is 0 Å². The molecular weight excluding hydrogens is 208 g/mol. The van der Waals surface area contributed by atoms with Crippen LogP contribution in [0.5, 0.6) is 0 Å². The second kappa shape index (κ2) is 7.04. The average molecular weight is 219 g/mol. The molecule has 1 aliphatic rings. The van der Waals surface area contributed by atoms with Gasteiger partial charge < -0.3 is 25.0 Å². The minimum absolute atomic E-state index is 0. The van der Waals surface area contributed by atoms with E-state index in [1.54, 1.807) is 6.07 Å². The van der Waals surface area contributed by atoms with Crippen LogP contribution in [0.4, 0.5) is 0 Å². The maximum absolute atomic E-state index is 8.81. The molecule has 1 aromatic heterocycles. The fourth-order valence-electron chi connectivity index (χ4n) is 1.26. The van der Waals surface area contributed by atoms with Crippen molar-refractivity contribution in [2.75, 3.05) is 13.2 Å². The van der Waals surface area contributed by atoms with E-state index in [0.29, 0.717) is 13.2 Å². The number of ether oxygens (including phenoxy) is 2. The van der Waals surface area contributed by atoms with Crippen LogP contribution in [-0.4, -0.2) is 40.8 Å².